The Morgan fingerprint density at radius 2 is 2.00 bits per heavy atom. The molecule has 68 valence electrons. The van der Waals surface area contributed by atoms with Crippen molar-refractivity contribution >= 4 is 0 Å². The number of nitrogens with one attached hydrogen (secondary N) is 1. The first-order chi connectivity index (χ1) is 5.72. The molecule has 1 heterocycles. The molecule has 2 nitrogen and oxygen atoms in total. The molecule has 0 atom stereocenters. The van der Waals surface area contributed by atoms with Gasteiger partial charge in [0.25, 0.3) is 0 Å². The van der Waals surface area contributed by atoms with Crippen LogP contribution >= 0.6 is 0 Å². The molecule has 0 radical (unpaired) electrons. The number of aromatic amines is 1. The van der Waals surface area contributed by atoms with E-state index in [0.29, 0.717) is 0 Å². The second-order valence-electron chi connectivity index (χ2n) is 3.60. The van der Waals surface area contributed by atoms with Crippen LogP contribution in [0.4, 0.5) is 0 Å². The van der Waals surface area contributed by atoms with Crippen molar-refractivity contribution < 1.29 is 5.11 Å². The molecule has 1 aromatic rings. The van der Waals surface area contributed by atoms with E-state index in [2.05, 4.69) is 18.8 Å². The van der Waals surface area contributed by atoms with Gasteiger partial charge in [-0.2, -0.15) is 0 Å². The zero-order chi connectivity index (χ0) is 8.97. The molecule has 1 rings (SSSR count). The average Bonchev–Trinajstić information content (AvgIpc) is 2.48. The molecule has 0 aliphatic carbocycles. The summed E-state index contributed by atoms with van der Waals surface area (Å²) in [5, 5.41) is 8.80. The van der Waals surface area contributed by atoms with E-state index in [4.69, 9.17) is 5.11 Å². The lowest BCUT2D eigenvalue weighted by Gasteiger charge is -2.01. The van der Waals surface area contributed by atoms with Gasteiger partial charge in [0.05, 0.1) is 6.61 Å². The molecule has 0 saturated carbocycles. The Morgan fingerprint density at radius 3 is 2.50 bits per heavy atom. The van der Waals surface area contributed by atoms with Crippen molar-refractivity contribution in [2.45, 2.75) is 33.3 Å². The molecule has 1 aromatic heterocycles. The van der Waals surface area contributed by atoms with Gasteiger partial charge in [-0.25, -0.2) is 0 Å². The van der Waals surface area contributed by atoms with Crippen LogP contribution in [0.25, 0.3) is 0 Å². The lowest BCUT2D eigenvalue weighted by molar-refractivity contribution is 0.277. The molecule has 12 heavy (non-hydrogen) atoms. The molecule has 2 N–H and O–H groups in total. The van der Waals surface area contributed by atoms with Crippen molar-refractivity contribution in [2.75, 3.05) is 0 Å². The quantitative estimate of drug-likeness (QED) is 0.707. The summed E-state index contributed by atoms with van der Waals surface area (Å²) in [6.45, 7) is 4.55. The molecular formula is C10H17NO. The molecule has 0 spiro atoms. The standard InChI is InChI=1S/C10H17NO/c1-8(2)3-4-9-5-6-10(7-12)11-9/h5-6,8,11-12H,3-4,7H2,1-2H3. The number of aromatic nitrogens is 1. The van der Waals surface area contributed by atoms with E-state index < -0.39 is 0 Å². The van der Waals surface area contributed by atoms with Gasteiger partial charge in [0.15, 0.2) is 0 Å². The predicted octanol–water partition coefficient (Wildman–Crippen LogP) is 2.10. The fraction of sp³-hybridized carbons (Fsp3) is 0.600. The molecule has 0 saturated heterocycles. The number of H-pyrrole nitrogens is 1. The van der Waals surface area contributed by atoms with Crippen LogP contribution in [0.15, 0.2) is 12.1 Å². The molecule has 0 aromatic carbocycles. The first-order valence-electron chi connectivity index (χ1n) is 4.50. The van der Waals surface area contributed by atoms with E-state index in [9.17, 15) is 0 Å². The number of aliphatic hydroxyl groups excluding tert-OH is 1. The summed E-state index contributed by atoms with van der Waals surface area (Å²) in [6, 6.07) is 3.99. The van der Waals surface area contributed by atoms with Crippen molar-refractivity contribution in [3.05, 3.63) is 23.5 Å². The minimum Gasteiger partial charge on any atom is -0.390 e. The highest BCUT2D eigenvalue weighted by Gasteiger charge is 1.99. The Kier molecular flexibility index (Phi) is 3.35. The van der Waals surface area contributed by atoms with E-state index in [1.807, 2.05) is 12.1 Å². The fourth-order valence-corrected chi connectivity index (χ4v) is 1.17. The van der Waals surface area contributed by atoms with Gasteiger partial charge in [-0.3, -0.25) is 0 Å². The van der Waals surface area contributed by atoms with Gasteiger partial charge in [0.2, 0.25) is 0 Å². The highest BCUT2D eigenvalue weighted by atomic mass is 16.3. The maximum absolute atomic E-state index is 8.80. The molecule has 0 bridgehead atoms. The van der Waals surface area contributed by atoms with E-state index in [1.165, 1.54) is 12.1 Å². The van der Waals surface area contributed by atoms with Crippen LogP contribution < -0.4 is 0 Å². The van der Waals surface area contributed by atoms with Crippen molar-refractivity contribution in [2.24, 2.45) is 5.92 Å². The minimum absolute atomic E-state index is 0.113. The van der Waals surface area contributed by atoms with Crippen molar-refractivity contribution in [3.8, 4) is 0 Å². The van der Waals surface area contributed by atoms with Gasteiger partial charge in [-0.1, -0.05) is 13.8 Å². The summed E-state index contributed by atoms with van der Waals surface area (Å²) < 4.78 is 0. The van der Waals surface area contributed by atoms with Gasteiger partial charge in [0.1, 0.15) is 0 Å². The van der Waals surface area contributed by atoms with Gasteiger partial charge < -0.3 is 10.1 Å². The topological polar surface area (TPSA) is 36.0 Å². The lowest BCUT2D eigenvalue weighted by atomic mass is 10.1. The number of rotatable bonds is 4. The number of aliphatic hydroxyl groups is 1. The first kappa shape index (κ1) is 9.33. The Morgan fingerprint density at radius 1 is 1.33 bits per heavy atom. The minimum atomic E-state index is 0.113. The fourth-order valence-electron chi connectivity index (χ4n) is 1.17. The van der Waals surface area contributed by atoms with E-state index in [-0.39, 0.29) is 6.61 Å². The Balaban J connectivity index is 2.41. The van der Waals surface area contributed by atoms with Crippen LogP contribution in [0, 0.1) is 5.92 Å². The molecule has 0 unspecified atom stereocenters. The summed E-state index contributed by atoms with van der Waals surface area (Å²) in [5.41, 5.74) is 2.14. The second-order valence-corrected chi connectivity index (χ2v) is 3.60. The van der Waals surface area contributed by atoms with E-state index in [0.717, 1.165) is 18.0 Å². The molecule has 2 heteroatoms. The SMILES string of the molecule is CC(C)CCc1ccc(CO)[nH]1. The van der Waals surface area contributed by atoms with Gasteiger partial charge in [-0.05, 0) is 30.9 Å². The summed E-state index contributed by atoms with van der Waals surface area (Å²) >= 11 is 0. The zero-order valence-corrected chi connectivity index (χ0v) is 7.80. The molecule has 0 aliphatic heterocycles. The van der Waals surface area contributed by atoms with Crippen LogP contribution in [0.2, 0.25) is 0 Å². The maximum Gasteiger partial charge on any atom is 0.0830 e. The van der Waals surface area contributed by atoms with E-state index in [1.54, 1.807) is 0 Å². The number of hydrogen-bond donors (Lipinski definition) is 2. The van der Waals surface area contributed by atoms with Crippen LogP contribution in [0.3, 0.4) is 0 Å². The monoisotopic (exact) mass is 167 g/mol. The molecular weight excluding hydrogens is 150 g/mol. The Labute approximate surface area is 73.6 Å². The number of aryl methyl sites for hydroxylation is 1. The maximum atomic E-state index is 8.80. The third-order valence-electron chi connectivity index (χ3n) is 1.97. The summed E-state index contributed by atoms with van der Waals surface area (Å²) in [7, 11) is 0. The highest BCUT2D eigenvalue weighted by Crippen LogP contribution is 2.08. The average molecular weight is 167 g/mol. The third kappa shape index (κ3) is 2.70. The van der Waals surface area contributed by atoms with Gasteiger partial charge in [0, 0.05) is 11.4 Å². The predicted molar refractivity (Wildman–Crippen MR) is 49.9 cm³/mol. The van der Waals surface area contributed by atoms with Crippen LogP contribution in [0.1, 0.15) is 31.7 Å². The summed E-state index contributed by atoms with van der Waals surface area (Å²) in [4.78, 5) is 3.17. The Hall–Kier alpha value is -0.760. The van der Waals surface area contributed by atoms with Crippen molar-refractivity contribution in [3.63, 3.8) is 0 Å². The van der Waals surface area contributed by atoms with Crippen LogP contribution in [-0.2, 0) is 13.0 Å². The lowest BCUT2D eigenvalue weighted by Crippen LogP contribution is -1.92. The summed E-state index contributed by atoms with van der Waals surface area (Å²) in [5.74, 6) is 0.742. The van der Waals surface area contributed by atoms with Crippen LogP contribution in [0.5, 0.6) is 0 Å². The molecule has 0 fully saturated rings. The largest absolute Gasteiger partial charge is 0.390 e. The van der Waals surface area contributed by atoms with Crippen molar-refractivity contribution in [1.82, 2.24) is 4.98 Å². The normalized spacial score (nSPS) is 11.0. The van der Waals surface area contributed by atoms with E-state index >= 15 is 0 Å². The Bertz CT molecular complexity index is 227. The second kappa shape index (κ2) is 4.31. The molecule has 0 aliphatic rings. The van der Waals surface area contributed by atoms with Crippen molar-refractivity contribution in [1.29, 1.82) is 0 Å². The van der Waals surface area contributed by atoms with Gasteiger partial charge in [-0.15, -0.1) is 0 Å². The van der Waals surface area contributed by atoms with Gasteiger partial charge >= 0.3 is 0 Å². The highest BCUT2D eigenvalue weighted by molar-refractivity contribution is 5.12. The zero-order valence-electron chi connectivity index (χ0n) is 7.80. The molecule has 0 amide bonds. The third-order valence-corrected chi connectivity index (χ3v) is 1.97. The number of hydrogen-bond acceptors (Lipinski definition) is 1. The first-order valence-corrected chi connectivity index (χ1v) is 4.50. The van der Waals surface area contributed by atoms with Crippen LogP contribution in [-0.4, -0.2) is 10.1 Å². The smallest absolute Gasteiger partial charge is 0.0830 e. The summed E-state index contributed by atoms with van der Waals surface area (Å²) in [6.07, 6.45) is 2.28.